The van der Waals surface area contributed by atoms with E-state index in [2.05, 4.69) is 14.7 Å². The summed E-state index contributed by atoms with van der Waals surface area (Å²) in [5.41, 5.74) is 6.62. The van der Waals surface area contributed by atoms with Crippen LogP contribution < -0.4 is 20.9 Å². The van der Waals surface area contributed by atoms with Gasteiger partial charge >= 0.3 is 12.1 Å². The maximum atomic E-state index is 13.0. The van der Waals surface area contributed by atoms with Gasteiger partial charge in [-0.05, 0) is 25.0 Å². The third kappa shape index (κ3) is 5.50. The number of hydrogen-bond donors (Lipinski definition) is 2. The molecule has 2 aliphatic rings. The molecule has 0 unspecified atom stereocenters. The Bertz CT molecular complexity index is 1340. The first kappa shape index (κ1) is 24.9. The van der Waals surface area contributed by atoms with Crippen LogP contribution in [0.4, 0.5) is 18.9 Å². The summed E-state index contributed by atoms with van der Waals surface area (Å²) in [5, 5.41) is 0. The maximum absolute atomic E-state index is 13.0. The number of fused-ring (bicyclic) bond motifs is 1. The van der Waals surface area contributed by atoms with Crippen molar-refractivity contribution in [3.05, 3.63) is 46.5 Å². The van der Waals surface area contributed by atoms with Crippen LogP contribution in [0.15, 0.2) is 35.3 Å². The third-order valence-corrected chi connectivity index (χ3v) is 6.62. The van der Waals surface area contributed by atoms with E-state index in [1.807, 2.05) is 0 Å². The molecule has 13 heteroatoms. The zero-order chi connectivity index (χ0) is 26.2. The molecule has 198 valence electrons. The number of ether oxygens (including phenoxy) is 3. The highest BCUT2D eigenvalue weighted by atomic mass is 19.4. The topological polar surface area (TPSA) is 125 Å². The van der Waals surface area contributed by atoms with Crippen molar-refractivity contribution in [3.63, 3.8) is 0 Å². The summed E-state index contributed by atoms with van der Waals surface area (Å²) in [4.78, 5) is 34.5. The van der Waals surface area contributed by atoms with Crippen LogP contribution in [0.2, 0.25) is 0 Å². The summed E-state index contributed by atoms with van der Waals surface area (Å²) in [6, 6.07) is 4.89. The normalized spacial score (nSPS) is 17.8. The number of aromatic nitrogens is 3. The van der Waals surface area contributed by atoms with Gasteiger partial charge in [-0.1, -0.05) is 0 Å². The molecule has 0 spiro atoms. The fourth-order valence-electron chi connectivity index (χ4n) is 4.83. The highest BCUT2D eigenvalue weighted by Crippen LogP contribution is 2.30. The number of anilines is 1. The molecule has 10 nitrogen and oxygen atoms in total. The number of imidazole rings is 1. The molecule has 0 saturated carbocycles. The number of likely N-dealkylation sites (tertiary alicyclic amines) is 1. The Morgan fingerprint density at radius 1 is 1.11 bits per heavy atom. The Kier molecular flexibility index (Phi) is 6.71. The molecule has 2 aromatic heterocycles. The summed E-state index contributed by atoms with van der Waals surface area (Å²) in [5.74, 6) is -0.310. The van der Waals surface area contributed by atoms with Gasteiger partial charge in [0.05, 0.1) is 30.5 Å². The number of benzene rings is 1. The lowest BCUT2D eigenvalue weighted by molar-refractivity contribution is -0.274. The number of amides is 1. The monoisotopic (exact) mass is 521 g/mol. The van der Waals surface area contributed by atoms with Crippen LogP contribution in [0.1, 0.15) is 42.1 Å². The van der Waals surface area contributed by atoms with Gasteiger partial charge in [0, 0.05) is 49.8 Å². The number of nitrogens with zero attached hydrogens (tertiary/aromatic N) is 3. The maximum Gasteiger partial charge on any atom is 0.573 e. The number of aromatic amines is 1. The molecule has 0 radical (unpaired) electrons. The third-order valence-electron chi connectivity index (χ3n) is 6.62. The molecule has 2 saturated heterocycles. The molecule has 5 rings (SSSR count). The molecule has 0 aliphatic carbocycles. The van der Waals surface area contributed by atoms with Crippen molar-refractivity contribution in [1.29, 1.82) is 0 Å². The quantitative estimate of drug-likeness (QED) is 0.494. The van der Waals surface area contributed by atoms with E-state index in [9.17, 15) is 22.8 Å². The highest BCUT2D eigenvalue weighted by molar-refractivity contribution is 5.99. The van der Waals surface area contributed by atoms with Gasteiger partial charge in [0.1, 0.15) is 17.6 Å². The van der Waals surface area contributed by atoms with E-state index in [-0.39, 0.29) is 29.1 Å². The van der Waals surface area contributed by atoms with Crippen LogP contribution in [-0.2, 0) is 4.74 Å². The number of hydrogen-bond acceptors (Lipinski definition) is 7. The highest BCUT2D eigenvalue weighted by Gasteiger charge is 2.32. The Hall–Kier alpha value is -3.74. The van der Waals surface area contributed by atoms with Crippen molar-refractivity contribution < 1.29 is 32.2 Å². The molecule has 2 aliphatic heterocycles. The Labute approximate surface area is 209 Å². The molecule has 2 fully saturated rings. The zero-order valence-electron chi connectivity index (χ0n) is 19.8. The second kappa shape index (κ2) is 9.96. The van der Waals surface area contributed by atoms with Crippen LogP contribution in [0.5, 0.6) is 11.5 Å². The molecule has 0 bridgehead atoms. The van der Waals surface area contributed by atoms with E-state index in [1.165, 1.54) is 6.07 Å². The van der Waals surface area contributed by atoms with Crippen LogP contribution in [0.3, 0.4) is 0 Å². The van der Waals surface area contributed by atoms with E-state index < -0.39 is 18.0 Å². The second-order valence-corrected chi connectivity index (χ2v) is 9.09. The van der Waals surface area contributed by atoms with Gasteiger partial charge in [0.15, 0.2) is 5.65 Å². The summed E-state index contributed by atoms with van der Waals surface area (Å²) < 4.78 is 54.3. The van der Waals surface area contributed by atoms with E-state index in [1.54, 1.807) is 21.7 Å². The zero-order valence-corrected chi connectivity index (χ0v) is 19.8. The Morgan fingerprint density at radius 3 is 2.51 bits per heavy atom. The SMILES string of the molecule is Nc1cc(OC(F)(F)F)ccc1C(=O)N1CCC(n2c(=O)[nH]c3ncc(OC4CCOCC4)cc32)CC1. The van der Waals surface area contributed by atoms with Crippen LogP contribution in [0, 0.1) is 0 Å². The lowest BCUT2D eigenvalue weighted by Crippen LogP contribution is -2.40. The number of halogens is 3. The molecular weight excluding hydrogens is 495 g/mol. The van der Waals surface area contributed by atoms with Crippen LogP contribution >= 0.6 is 0 Å². The van der Waals surface area contributed by atoms with Gasteiger partial charge in [-0.3, -0.25) is 14.3 Å². The Balaban J connectivity index is 1.28. The van der Waals surface area contributed by atoms with Crippen molar-refractivity contribution in [1.82, 2.24) is 19.4 Å². The molecule has 4 heterocycles. The number of H-pyrrole nitrogens is 1. The standard InChI is InChI=1S/C24H26F3N5O5/c25-24(26,27)37-16-1-2-18(19(28)11-16)22(33)31-7-3-14(4-8-31)32-20-12-17(13-29-21(20)30-23(32)34)36-15-5-9-35-10-6-15/h1-2,11-15H,3-10,28H2,(H,29,30,34). The first-order valence-corrected chi connectivity index (χ1v) is 12.0. The van der Waals surface area contributed by atoms with Crippen molar-refractivity contribution in [3.8, 4) is 11.5 Å². The van der Waals surface area contributed by atoms with Crippen molar-refractivity contribution in [2.45, 2.75) is 44.2 Å². The van der Waals surface area contributed by atoms with Gasteiger partial charge in [-0.15, -0.1) is 13.2 Å². The predicted molar refractivity (Wildman–Crippen MR) is 127 cm³/mol. The minimum atomic E-state index is -4.85. The fraction of sp³-hybridized carbons (Fsp3) is 0.458. The van der Waals surface area contributed by atoms with Gasteiger partial charge in [-0.25, -0.2) is 9.78 Å². The average Bonchev–Trinajstić information content (AvgIpc) is 3.18. The number of piperidine rings is 1. The minimum absolute atomic E-state index is 0.0305. The summed E-state index contributed by atoms with van der Waals surface area (Å²) in [6.45, 7) is 1.97. The molecular formula is C24H26F3N5O5. The number of alkyl halides is 3. The number of nitrogens with one attached hydrogen (secondary N) is 1. The predicted octanol–water partition coefficient (Wildman–Crippen LogP) is 3.24. The first-order chi connectivity index (χ1) is 17.7. The smallest absolute Gasteiger partial charge is 0.489 e. The Morgan fingerprint density at radius 2 is 1.84 bits per heavy atom. The number of pyridine rings is 1. The lowest BCUT2D eigenvalue weighted by atomic mass is 10.0. The minimum Gasteiger partial charge on any atom is -0.489 e. The van der Waals surface area contributed by atoms with Crippen LogP contribution in [-0.4, -0.2) is 64.1 Å². The van der Waals surface area contributed by atoms with Crippen molar-refractivity contribution in [2.24, 2.45) is 0 Å². The molecule has 0 atom stereocenters. The fourth-order valence-corrected chi connectivity index (χ4v) is 4.83. The summed E-state index contributed by atoms with van der Waals surface area (Å²) in [7, 11) is 0. The average molecular weight is 521 g/mol. The van der Waals surface area contributed by atoms with E-state index in [0.717, 1.165) is 25.0 Å². The number of nitrogen functional groups attached to an aromatic ring is 1. The molecule has 37 heavy (non-hydrogen) atoms. The van der Waals surface area contributed by atoms with E-state index >= 15 is 0 Å². The van der Waals surface area contributed by atoms with E-state index in [4.69, 9.17) is 15.2 Å². The number of nitrogens with two attached hydrogens (primary N) is 1. The molecule has 1 aromatic carbocycles. The summed E-state index contributed by atoms with van der Waals surface area (Å²) >= 11 is 0. The number of carbonyl (C=O) groups excluding carboxylic acids is 1. The van der Waals surface area contributed by atoms with E-state index in [0.29, 0.717) is 56.1 Å². The van der Waals surface area contributed by atoms with Gasteiger partial charge in [0.2, 0.25) is 0 Å². The second-order valence-electron chi connectivity index (χ2n) is 9.09. The van der Waals surface area contributed by atoms with Gasteiger partial charge < -0.3 is 24.8 Å². The summed E-state index contributed by atoms with van der Waals surface area (Å²) in [6.07, 6.45) is -0.664. The molecule has 3 aromatic rings. The van der Waals surface area contributed by atoms with Crippen LogP contribution in [0.25, 0.3) is 11.2 Å². The van der Waals surface area contributed by atoms with Gasteiger partial charge in [0.25, 0.3) is 5.91 Å². The number of rotatable bonds is 5. The lowest BCUT2D eigenvalue weighted by Gasteiger charge is -2.33. The largest absolute Gasteiger partial charge is 0.573 e. The van der Waals surface area contributed by atoms with Crippen molar-refractivity contribution >= 4 is 22.8 Å². The molecule has 1 amide bonds. The van der Waals surface area contributed by atoms with Crippen molar-refractivity contribution in [2.75, 3.05) is 32.0 Å². The molecule has 3 N–H and O–H groups in total. The first-order valence-electron chi connectivity index (χ1n) is 12.0. The number of carbonyl (C=O) groups is 1. The van der Waals surface area contributed by atoms with Gasteiger partial charge in [-0.2, -0.15) is 0 Å².